The zero-order chi connectivity index (χ0) is 13.2. The predicted molar refractivity (Wildman–Crippen MR) is 77.8 cm³/mol. The van der Waals surface area contributed by atoms with Crippen molar-refractivity contribution in [2.75, 3.05) is 30.4 Å². The molecular weight excluding hydrogens is 238 g/mol. The number of nitrogens with zero attached hydrogens (tertiary/aromatic N) is 4. The summed E-state index contributed by atoms with van der Waals surface area (Å²) in [5.74, 6) is 2.73. The highest BCUT2D eigenvalue weighted by molar-refractivity contribution is 5.66. The highest BCUT2D eigenvalue weighted by Gasteiger charge is 2.24. The van der Waals surface area contributed by atoms with Crippen molar-refractivity contribution < 1.29 is 0 Å². The second kappa shape index (κ2) is 5.07. The Hall–Kier alpha value is -1.78. The lowest BCUT2D eigenvalue weighted by Crippen LogP contribution is -2.22. The number of imidazole rings is 1. The van der Waals surface area contributed by atoms with Crippen molar-refractivity contribution >= 4 is 17.3 Å². The zero-order valence-corrected chi connectivity index (χ0v) is 11.6. The third-order valence-electron chi connectivity index (χ3n) is 3.50. The van der Waals surface area contributed by atoms with Gasteiger partial charge < -0.3 is 14.6 Å². The van der Waals surface area contributed by atoms with Gasteiger partial charge in [0.25, 0.3) is 0 Å². The first kappa shape index (κ1) is 12.3. The molecule has 0 saturated heterocycles. The highest BCUT2D eigenvalue weighted by Crippen LogP contribution is 2.31. The summed E-state index contributed by atoms with van der Waals surface area (Å²) in [7, 11) is 2.11. The summed E-state index contributed by atoms with van der Waals surface area (Å²) < 4.78 is 2.05. The highest BCUT2D eigenvalue weighted by atomic mass is 15.2. The molecule has 2 heterocycles. The van der Waals surface area contributed by atoms with E-state index >= 15 is 0 Å². The Kier molecular flexibility index (Phi) is 3.27. The summed E-state index contributed by atoms with van der Waals surface area (Å²) in [5.41, 5.74) is 0.935. The molecule has 0 bridgehead atoms. The van der Waals surface area contributed by atoms with Crippen molar-refractivity contribution in [1.82, 2.24) is 14.4 Å². The van der Waals surface area contributed by atoms with Crippen LogP contribution in [0, 0.1) is 5.92 Å². The Morgan fingerprint density at radius 3 is 3.05 bits per heavy atom. The van der Waals surface area contributed by atoms with E-state index in [1.165, 1.54) is 12.8 Å². The third-order valence-corrected chi connectivity index (χ3v) is 3.50. The number of hydrogen-bond acceptors (Lipinski definition) is 4. The summed E-state index contributed by atoms with van der Waals surface area (Å²) in [6, 6.07) is 0. The van der Waals surface area contributed by atoms with Gasteiger partial charge in [-0.1, -0.05) is 6.92 Å². The first-order valence-electron chi connectivity index (χ1n) is 7.06. The number of hydrogen-bond donors (Lipinski definition) is 1. The minimum Gasteiger partial charge on any atom is -0.369 e. The van der Waals surface area contributed by atoms with E-state index in [-0.39, 0.29) is 0 Å². The molecule has 1 aliphatic carbocycles. The predicted octanol–water partition coefficient (Wildman–Crippen LogP) is 2.40. The van der Waals surface area contributed by atoms with Crippen LogP contribution in [0.1, 0.15) is 26.2 Å². The van der Waals surface area contributed by atoms with Gasteiger partial charge in [-0.3, -0.25) is 0 Å². The summed E-state index contributed by atoms with van der Waals surface area (Å²) >= 11 is 0. The first-order chi connectivity index (χ1) is 9.28. The van der Waals surface area contributed by atoms with E-state index < -0.39 is 0 Å². The van der Waals surface area contributed by atoms with Crippen LogP contribution in [0.2, 0.25) is 0 Å². The molecule has 5 nitrogen and oxygen atoms in total. The van der Waals surface area contributed by atoms with E-state index in [2.05, 4.69) is 29.2 Å². The molecule has 1 N–H and O–H groups in total. The van der Waals surface area contributed by atoms with Gasteiger partial charge in [0.15, 0.2) is 11.5 Å². The van der Waals surface area contributed by atoms with Crippen LogP contribution in [-0.2, 0) is 0 Å². The average molecular weight is 259 g/mol. The van der Waals surface area contributed by atoms with Crippen LogP contribution in [0.3, 0.4) is 0 Å². The molecule has 3 rings (SSSR count). The standard InChI is InChI=1S/C14H21N5/c1-3-6-15-12-10-19-8-7-16-13(19)14(17-12)18(2)9-11-4-5-11/h7-8,10-11,15H,3-6,9H2,1-2H3. The molecule has 0 aromatic carbocycles. The molecule has 1 fully saturated rings. The molecule has 5 heteroatoms. The van der Waals surface area contributed by atoms with Crippen LogP contribution >= 0.6 is 0 Å². The van der Waals surface area contributed by atoms with Crippen LogP contribution in [-0.4, -0.2) is 34.5 Å². The Balaban J connectivity index is 1.91. The van der Waals surface area contributed by atoms with Crippen LogP contribution in [0.4, 0.5) is 11.6 Å². The maximum absolute atomic E-state index is 4.72. The van der Waals surface area contributed by atoms with E-state index in [0.29, 0.717) is 0 Å². The van der Waals surface area contributed by atoms with E-state index in [1.807, 2.05) is 23.0 Å². The molecule has 1 aliphatic rings. The summed E-state index contributed by atoms with van der Waals surface area (Å²) in [6.45, 7) is 4.18. The normalized spacial score (nSPS) is 14.8. The first-order valence-corrected chi connectivity index (χ1v) is 7.06. The van der Waals surface area contributed by atoms with Crippen LogP contribution in [0.5, 0.6) is 0 Å². The molecule has 0 spiro atoms. The van der Waals surface area contributed by atoms with E-state index in [0.717, 1.165) is 42.7 Å². The Labute approximate surface area is 113 Å². The molecule has 102 valence electrons. The maximum atomic E-state index is 4.72. The lowest BCUT2D eigenvalue weighted by atomic mass is 10.4. The maximum Gasteiger partial charge on any atom is 0.180 e. The van der Waals surface area contributed by atoms with Gasteiger partial charge in [0.05, 0.1) is 6.20 Å². The molecule has 2 aromatic heterocycles. The van der Waals surface area contributed by atoms with Crippen molar-refractivity contribution in [3.8, 4) is 0 Å². The molecular formula is C14H21N5. The van der Waals surface area contributed by atoms with Crippen LogP contribution in [0.25, 0.3) is 5.65 Å². The Bertz CT molecular complexity index is 558. The summed E-state index contributed by atoms with van der Waals surface area (Å²) in [6.07, 6.45) is 9.60. The fourth-order valence-corrected chi connectivity index (χ4v) is 2.28. The van der Waals surface area contributed by atoms with Gasteiger partial charge in [-0.05, 0) is 25.2 Å². The summed E-state index contributed by atoms with van der Waals surface area (Å²) in [4.78, 5) is 11.4. The monoisotopic (exact) mass is 259 g/mol. The minimum absolute atomic E-state index is 0.842. The molecule has 0 unspecified atom stereocenters. The fourth-order valence-electron chi connectivity index (χ4n) is 2.28. The number of anilines is 2. The van der Waals surface area contributed by atoms with Gasteiger partial charge in [0.2, 0.25) is 0 Å². The third kappa shape index (κ3) is 2.64. The van der Waals surface area contributed by atoms with Crippen LogP contribution < -0.4 is 10.2 Å². The van der Waals surface area contributed by atoms with Gasteiger partial charge in [-0.2, -0.15) is 0 Å². The second-order valence-electron chi connectivity index (χ2n) is 5.36. The van der Waals surface area contributed by atoms with Gasteiger partial charge in [0, 0.05) is 32.5 Å². The van der Waals surface area contributed by atoms with E-state index in [4.69, 9.17) is 4.98 Å². The molecule has 2 aromatic rings. The number of nitrogens with one attached hydrogen (secondary N) is 1. The number of aromatic nitrogens is 3. The van der Waals surface area contributed by atoms with E-state index in [1.54, 1.807) is 0 Å². The topological polar surface area (TPSA) is 45.5 Å². The van der Waals surface area contributed by atoms with Crippen molar-refractivity contribution in [1.29, 1.82) is 0 Å². The van der Waals surface area contributed by atoms with Crippen molar-refractivity contribution in [2.24, 2.45) is 5.92 Å². The van der Waals surface area contributed by atoms with Crippen molar-refractivity contribution in [3.05, 3.63) is 18.6 Å². The number of rotatable bonds is 6. The molecule has 0 aliphatic heterocycles. The lowest BCUT2D eigenvalue weighted by Gasteiger charge is -2.19. The molecule has 19 heavy (non-hydrogen) atoms. The van der Waals surface area contributed by atoms with Gasteiger partial charge in [-0.15, -0.1) is 0 Å². The number of fused-ring (bicyclic) bond motifs is 1. The van der Waals surface area contributed by atoms with Crippen molar-refractivity contribution in [2.45, 2.75) is 26.2 Å². The molecule has 0 atom stereocenters. The van der Waals surface area contributed by atoms with Crippen LogP contribution in [0.15, 0.2) is 18.6 Å². The zero-order valence-electron chi connectivity index (χ0n) is 11.6. The van der Waals surface area contributed by atoms with Gasteiger partial charge in [-0.25, -0.2) is 9.97 Å². The largest absolute Gasteiger partial charge is 0.369 e. The second-order valence-corrected chi connectivity index (χ2v) is 5.36. The van der Waals surface area contributed by atoms with Gasteiger partial charge >= 0.3 is 0 Å². The quantitative estimate of drug-likeness (QED) is 0.865. The lowest BCUT2D eigenvalue weighted by molar-refractivity contribution is 0.776. The SMILES string of the molecule is CCCNc1cn2ccnc2c(N(C)CC2CC2)n1. The average Bonchev–Trinajstić information content (AvgIpc) is 3.09. The Morgan fingerprint density at radius 2 is 2.32 bits per heavy atom. The Morgan fingerprint density at radius 1 is 1.47 bits per heavy atom. The van der Waals surface area contributed by atoms with Crippen molar-refractivity contribution in [3.63, 3.8) is 0 Å². The van der Waals surface area contributed by atoms with E-state index in [9.17, 15) is 0 Å². The fraction of sp³-hybridized carbons (Fsp3) is 0.571. The molecule has 0 amide bonds. The van der Waals surface area contributed by atoms with Gasteiger partial charge in [0.1, 0.15) is 5.82 Å². The smallest absolute Gasteiger partial charge is 0.180 e. The summed E-state index contributed by atoms with van der Waals surface area (Å²) in [5, 5.41) is 3.35. The molecule has 0 radical (unpaired) electrons. The minimum atomic E-state index is 0.842. The molecule has 1 saturated carbocycles.